The number of carbonyl (C=O) groups is 3. The minimum atomic E-state index is -1.08. The predicted octanol–water partition coefficient (Wildman–Crippen LogP) is 3.19. The van der Waals surface area contributed by atoms with Crippen LogP contribution >= 0.6 is 0 Å². The lowest BCUT2D eigenvalue weighted by atomic mass is 9.92. The summed E-state index contributed by atoms with van der Waals surface area (Å²) in [6.07, 6.45) is 7.51. The fourth-order valence-electron chi connectivity index (χ4n) is 5.55. The van der Waals surface area contributed by atoms with Crippen molar-refractivity contribution in [2.24, 2.45) is 17.8 Å². The lowest BCUT2D eigenvalue weighted by molar-refractivity contribution is -0.150. The van der Waals surface area contributed by atoms with E-state index >= 15 is 0 Å². The summed E-state index contributed by atoms with van der Waals surface area (Å²) in [6, 6.07) is 1.98. The topological polar surface area (TPSA) is 120 Å². The molecule has 2 amide bonds. The minimum Gasteiger partial charge on any atom is -0.474 e. The van der Waals surface area contributed by atoms with Gasteiger partial charge in [0.1, 0.15) is 11.6 Å². The lowest BCUT2D eigenvalue weighted by Crippen LogP contribution is -2.50. The molecular weight excluding hydrogens is 500 g/mol. The van der Waals surface area contributed by atoms with Crippen molar-refractivity contribution >= 4 is 17.8 Å². The number of nitrogens with zero attached hydrogens (tertiary/aromatic N) is 3. The molecule has 3 aliphatic rings. The molecule has 0 radical (unpaired) electrons. The molecule has 0 spiro atoms. The predicted molar refractivity (Wildman–Crippen MR) is 144 cm³/mol. The van der Waals surface area contributed by atoms with Crippen molar-refractivity contribution in [3.63, 3.8) is 0 Å². The van der Waals surface area contributed by atoms with E-state index in [0.717, 1.165) is 25.0 Å². The summed E-state index contributed by atoms with van der Waals surface area (Å²) >= 11 is 0. The van der Waals surface area contributed by atoms with Gasteiger partial charge < -0.3 is 24.4 Å². The fraction of sp³-hybridized carbons (Fsp3) is 0.690. The van der Waals surface area contributed by atoms with Crippen LogP contribution in [0.4, 0.5) is 0 Å². The van der Waals surface area contributed by atoms with Crippen LogP contribution in [0.15, 0.2) is 18.2 Å². The molecule has 1 N–H and O–H groups in total. The molecule has 5 atom stereocenters. The molecule has 0 unspecified atom stereocenters. The van der Waals surface area contributed by atoms with Crippen LogP contribution in [-0.4, -0.2) is 71.6 Å². The first-order valence-corrected chi connectivity index (χ1v) is 14.0. The van der Waals surface area contributed by atoms with E-state index in [0.29, 0.717) is 31.7 Å². The molecule has 1 aromatic heterocycles. The van der Waals surface area contributed by atoms with Crippen molar-refractivity contribution in [3.8, 4) is 11.9 Å². The molecule has 10 heteroatoms. The van der Waals surface area contributed by atoms with Crippen LogP contribution in [0.2, 0.25) is 0 Å². The summed E-state index contributed by atoms with van der Waals surface area (Å²) in [5.74, 6) is -1.80. The average Bonchev–Trinajstić information content (AvgIpc) is 3.42. The lowest BCUT2D eigenvalue weighted by Gasteiger charge is -2.26. The Morgan fingerprint density at radius 2 is 1.92 bits per heavy atom. The zero-order valence-corrected chi connectivity index (χ0v) is 24.0. The van der Waals surface area contributed by atoms with Crippen molar-refractivity contribution in [1.29, 1.82) is 0 Å². The number of ether oxygens (including phenoxy) is 3. The number of methoxy groups -OCH3 is 1. The van der Waals surface area contributed by atoms with E-state index in [1.165, 1.54) is 7.11 Å². The summed E-state index contributed by atoms with van der Waals surface area (Å²) < 4.78 is 16.9. The highest BCUT2D eigenvalue weighted by Gasteiger charge is 2.62. The second-order valence-corrected chi connectivity index (χ2v) is 11.9. The third-order valence-corrected chi connectivity index (χ3v) is 7.95. The Bertz CT molecular complexity index is 1120. The van der Waals surface area contributed by atoms with Gasteiger partial charge in [-0.25, -0.2) is 4.79 Å². The normalized spacial score (nSPS) is 30.4. The van der Waals surface area contributed by atoms with Gasteiger partial charge >= 0.3 is 12.0 Å². The van der Waals surface area contributed by atoms with Gasteiger partial charge in [-0.2, -0.15) is 9.97 Å². The molecule has 0 aromatic carbocycles. The van der Waals surface area contributed by atoms with Gasteiger partial charge in [0.15, 0.2) is 0 Å². The van der Waals surface area contributed by atoms with Crippen LogP contribution in [0.25, 0.3) is 0 Å². The third kappa shape index (κ3) is 6.36. The molecule has 10 nitrogen and oxygen atoms in total. The maximum atomic E-state index is 13.7. The summed E-state index contributed by atoms with van der Waals surface area (Å²) in [5, 5.41) is 3.01. The Hall–Kier alpha value is -3.17. The first-order chi connectivity index (χ1) is 18.5. The number of allylic oxidation sites excluding steroid dienone is 1. The van der Waals surface area contributed by atoms with Crippen LogP contribution < -0.4 is 14.8 Å². The smallest absolute Gasteiger partial charge is 0.332 e. The summed E-state index contributed by atoms with van der Waals surface area (Å²) in [7, 11) is 3.29. The number of fused-ring (bicyclic) bond motifs is 2. The highest BCUT2D eigenvalue weighted by Crippen LogP contribution is 2.47. The van der Waals surface area contributed by atoms with Crippen molar-refractivity contribution in [3.05, 3.63) is 23.9 Å². The van der Waals surface area contributed by atoms with Crippen molar-refractivity contribution in [2.45, 2.75) is 83.3 Å². The van der Waals surface area contributed by atoms with Crippen molar-refractivity contribution < 1.29 is 28.6 Å². The number of hydrogen-bond acceptors (Lipinski definition) is 8. The van der Waals surface area contributed by atoms with Crippen molar-refractivity contribution in [2.75, 3.05) is 27.3 Å². The number of hydrogen-bond donors (Lipinski definition) is 1. The van der Waals surface area contributed by atoms with E-state index in [4.69, 9.17) is 14.2 Å². The molecule has 39 heavy (non-hydrogen) atoms. The summed E-state index contributed by atoms with van der Waals surface area (Å²) in [4.78, 5) is 50.8. The molecule has 2 fully saturated rings. The highest BCUT2D eigenvalue weighted by molar-refractivity contribution is 5.95. The second kappa shape index (κ2) is 11.5. The largest absolute Gasteiger partial charge is 0.474 e. The third-order valence-electron chi connectivity index (χ3n) is 7.95. The number of amides is 2. The minimum absolute atomic E-state index is 0.0815. The van der Waals surface area contributed by atoms with Gasteiger partial charge in [-0.3, -0.25) is 9.59 Å². The Labute approximate surface area is 230 Å². The first-order valence-electron chi connectivity index (χ1n) is 14.0. The highest BCUT2D eigenvalue weighted by atomic mass is 16.5. The van der Waals surface area contributed by atoms with Crippen LogP contribution in [0.1, 0.15) is 71.9 Å². The van der Waals surface area contributed by atoms with Crippen molar-refractivity contribution in [1.82, 2.24) is 20.2 Å². The van der Waals surface area contributed by atoms with Crippen LogP contribution in [-0.2, 0) is 24.5 Å². The zero-order chi connectivity index (χ0) is 28.4. The fourth-order valence-corrected chi connectivity index (χ4v) is 5.55. The molecule has 2 aliphatic carbocycles. The van der Waals surface area contributed by atoms with Gasteiger partial charge in [0.05, 0.1) is 31.2 Å². The molecular formula is C29H42N4O6. The number of nitrogens with one attached hydrogen (secondary N) is 1. The van der Waals surface area contributed by atoms with Gasteiger partial charge in [0, 0.05) is 31.0 Å². The van der Waals surface area contributed by atoms with E-state index in [1.807, 2.05) is 26.8 Å². The van der Waals surface area contributed by atoms with Gasteiger partial charge in [-0.05, 0) is 45.4 Å². The van der Waals surface area contributed by atoms with Crippen LogP contribution in [0.3, 0.4) is 0 Å². The molecule has 2 heterocycles. The van der Waals surface area contributed by atoms with E-state index in [9.17, 15) is 14.4 Å². The van der Waals surface area contributed by atoms with Gasteiger partial charge in [-0.1, -0.05) is 32.9 Å². The van der Waals surface area contributed by atoms with E-state index in [-0.39, 0.29) is 35.8 Å². The van der Waals surface area contributed by atoms with E-state index < -0.39 is 29.4 Å². The Kier molecular flexibility index (Phi) is 8.51. The maximum Gasteiger partial charge on any atom is 0.332 e. The average molecular weight is 543 g/mol. The SMILES string of the molecule is CCOC(=O)[C@@]12C[C@H]1/C=C\CCCCN(C)C(=O)[C@@H]1C[C@H](Oc3cc(C(C)(C)C)nc(OC)n3)C[C@H]1C(=O)N2. The Morgan fingerprint density at radius 3 is 2.62 bits per heavy atom. The first kappa shape index (κ1) is 28.8. The standard InChI is InChI=1S/C29H42N4O6/c1-7-38-26(36)29-17-18(29)12-10-8-9-11-13-33(5)25(35)21-15-19(14-20(21)24(34)32-29)39-23-16-22(28(2,3)4)30-27(31-23)37-6/h10,12,16,18-21H,7-9,11,13-15,17H2,1-6H3,(H,32,34)/b12-10-/t18-,19-,20-,21-,29-/m1/s1. The molecule has 1 aliphatic heterocycles. The van der Waals surface area contributed by atoms with Gasteiger partial charge in [0.2, 0.25) is 17.7 Å². The Balaban J connectivity index is 1.60. The summed E-state index contributed by atoms with van der Waals surface area (Å²) in [6.45, 7) is 8.72. The molecule has 2 saturated carbocycles. The quantitative estimate of drug-likeness (QED) is 0.445. The molecule has 0 bridgehead atoms. The van der Waals surface area contributed by atoms with Crippen LogP contribution in [0, 0.1) is 17.8 Å². The molecule has 1 aromatic rings. The number of aromatic nitrogens is 2. The molecule has 4 rings (SSSR count). The molecule has 214 valence electrons. The Morgan fingerprint density at radius 1 is 1.18 bits per heavy atom. The monoisotopic (exact) mass is 542 g/mol. The maximum absolute atomic E-state index is 13.7. The van der Waals surface area contributed by atoms with E-state index in [1.54, 1.807) is 24.9 Å². The van der Waals surface area contributed by atoms with E-state index in [2.05, 4.69) is 21.4 Å². The number of rotatable bonds is 5. The number of esters is 1. The zero-order valence-electron chi connectivity index (χ0n) is 24.0. The van der Waals surface area contributed by atoms with Gasteiger partial charge in [0.25, 0.3) is 0 Å². The molecule has 0 saturated heterocycles. The summed E-state index contributed by atoms with van der Waals surface area (Å²) in [5.41, 5.74) is -0.569. The number of carbonyl (C=O) groups excluding carboxylic acids is 3. The second-order valence-electron chi connectivity index (χ2n) is 11.9. The van der Waals surface area contributed by atoms with Gasteiger partial charge in [-0.15, -0.1) is 0 Å². The van der Waals surface area contributed by atoms with Crippen LogP contribution in [0.5, 0.6) is 11.9 Å².